The van der Waals surface area contributed by atoms with E-state index in [1.165, 1.54) is 11.0 Å². The molecule has 2 atom stereocenters. The molecule has 0 bridgehead atoms. The van der Waals surface area contributed by atoms with Crippen LogP contribution in [0.2, 0.25) is 0 Å². The van der Waals surface area contributed by atoms with Gasteiger partial charge in [-0.05, 0) is 36.9 Å². The van der Waals surface area contributed by atoms with Gasteiger partial charge in [0, 0.05) is 13.1 Å². The van der Waals surface area contributed by atoms with Crippen molar-refractivity contribution >= 4 is 5.91 Å². The van der Waals surface area contributed by atoms with E-state index in [0.29, 0.717) is 25.6 Å². The number of carbonyl (C=O) groups excluding carboxylic acids is 1. The maximum Gasteiger partial charge on any atom is 0.259 e. The Hall–Kier alpha value is -1.49. The number of carbonyl (C=O) groups is 1. The molecule has 1 aromatic carbocycles. The van der Waals surface area contributed by atoms with Crippen LogP contribution in [0.5, 0.6) is 0 Å². The minimum Gasteiger partial charge on any atom is -0.338 e. The number of benzene rings is 1. The minimum atomic E-state index is -0.812. The smallest absolute Gasteiger partial charge is 0.259 e. The number of piperidine rings is 1. The molecule has 1 fully saturated rings. The number of amides is 1. The Morgan fingerprint density at radius 1 is 1.42 bits per heavy atom. The van der Waals surface area contributed by atoms with Crippen LogP contribution < -0.4 is 5.73 Å². The lowest BCUT2D eigenvalue weighted by Gasteiger charge is -2.36. The third-order valence-corrected chi connectivity index (χ3v) is 3.88. The zero-order valence-electron chi connectivity index (χ0n) is 10.9. The van der Waals surface area contributed by atoms with E-state index in [0.717, 1.165) is 18.6 Å². The Labute approximate surface area is 111 Å². The van der Waals surface area contributed by atoms with E-state index >= 15 is 0 Å². The molecule has 1 heterocycles. The van der Waals surface area contributed by atoms with Crippen molar-refractivity contribution in [3.05, 3.63) is 35.4 Å². The summed E-state index contributed by atoms with van der Waals surface area (Å²) in [5.74, 6) is -1.59. The summed E-state index contributed by atoms with van der Waals surface area (Å²) in [5, 5.41) is 0. The lowest BCUT2D eigenvalue weighted by atomic mass is 9.87. The van der Waals surface area contributed by atoms with E-state index < -0.39 is 23.1 Å². The number of rotatable bonds is 2. The van der Waals surface area contributed by atoms with Crippen molar-refractivity contribution in [1.29, 1.82) is 0 Å². The molecule has 1 amide bonds. The van der Waals surface area contributed by atoms with Gasteiger partial charge in [0.15, 0.2) is 0 Å². The van der Waals surface area contributed by atoms with E-state index in [-0.39, 0.29) is 5.92 Å². The number of likely N-dealkylation sites (tertiary alicyclic amines) is 1. The van der Waals surface area contributed by atoms with Gasteiger partial charge in [-0.1, -0.05) is 13.0 Å². The summed E-state index contributed by atoms with van der Waals surface area (Å²) in [6, 6.07) is 3.45. The largest absolute Gasteiger partial charge is 0.338 e. The molecule has 2 N–H and O–H groups in total. The zero-order valence-corrected chi connectivity index (χ0v) is 10.9. The third kappa shape index (κ3) is 2.76. The van der Waals surface area contributed by atoms with Crippen LogP contribution >= 0.6 is 0 Å². The SMILES string of the molecule is CC1CCN(C(=O)c2c(F)cccc2F)CC1CN. The first-order valence-electron chi connectivity index (χ1n) is 6.48. The number of nitrogens with zero attached hydrogens (tertiary/aromatic N) is 1. The fourth-order valence-electron chi connectivity index (χ4n) is 2.50. The van der Waals surface area contributed by atoms with Crippen LogP contribution in [-0.4, -0.2) is 30.4 Å². The molecule has 0 aliphatic carbocycles. The minimum absolute atomic E-state index is 0.188. The van der Waals surface area contributed by atoms with Gasteiger partial charge in [0.05, 0.1) is 0 Å². The fraction of sp³-hybridized carbons (Fsp3) is 0.500. The highest BCUT2D eigenvalue weighted by atomic mass is 19.1. The Morgan fingerprint density at radius 2 is 2.05 bits per heavy atom. The Bertz CT molecular complexity index is 458. The molecule has 1 aromatic rings. The monoisotopic (exact) mass is 268 g/mol. The highest BCUT2D eigenvalue weighted by Crippen LogP contribution is 2.24. The summed E-state index contributed by atoms with van der Waals surface area (Å²) in [6.07, 6.45) is 0.809. The van der Waals surface area contributed by atoms with E-state index in [1.54, 1.807) is 0 Å². The number of hydrogen-bond acceptors (Lipinski definition) is 2. The molecule has 104 valence electrons. The fourth-order valence-corrected chi connectivity index (χ4v) is 2.50. The normalized spacial score (nSPS) is 23.5. The van der Waals surface area contributed by atoms with E-state index in [2.05, 4.69) is 6.92 Å². The van der Waals surface area contributed by atoms with Gasteiger partial charge in [0.2, 0.25) is 0 Å². The predicted molar refractivity (Wildman–Crippen MR) is 68.6 cm³/mol. The van der Waals surface area contributed by atoms with E-state index in [1.807, 2.05) is 0 Å². The molecular formula is C14H18F2N2O. The predicted octanol–water partition coefficient (Wildman–Crippen LogP) is 2.02. The molecule has 1 saturated heterocycles. The molecule has 0 radical (unpaired) electrons. The van der Waals surface area contributed by atoms with Crippen LogP contribution in [0.3, 0.4) is 0 Å². The summed E-state index contributed by atoms with van der Waals surface area (Å²) in [6.45, 7) is 3.54. The van der Waals surface area contributed by atoms with Crippen LogP contribution in [0.1, 0.15) is 23.7 Å². The van der Waals surface area contributed by atoms with Gasteiger partial charge in [-0.15, -0.1) is 0 Å². The van der Waals surface area contributed by atoms with Gasteiger partial charge < -0.3 is 10.6 Å². The van der Waals surface area contributed by atoms with Gasteiger partial charge in [-0.25, -0.2) is 8.78 Å². The number of nitrogens with two attached hydrogens (primary N) is 1. The van der Waals surface area contributed by atoms with Gasteiger partial charge in [0.1, 0.15) is 17.2 Å². The third-order valence-electron chi connectivity index (χ3n) is 3.88. The van der Waals surface area contributed by atoms with Crippen molar-refractivity contribution in [2.24, 2.45) is 17.6 Å². The van der Waals surface area contributed by atoms with Crippen LogP contribution in [-0.2, 0) is 0 Å². The molecule has 0 saturated carbocycles. The standard InChI is InChI=1S/C14H18F2N2O/c1-9-5-6-18(8-10(9)7-17)14(19)13-11(15)3-2-4-12(13)16/h2-4,9-10H,5-8,17H2,1H3. The maximum absolute atomic E-state index is 13.6. The van der Waals surface area contributed by atoms with Crippen molar-refractivity contribution in [2.45, 2.75) is 13.3 Å². The quantitative estimate of drug-likeness (QED) is 0.892. The molecule has 0 spiro atoms. The molecule has 3 nitrogen and oxygen atoms in total. The van der Waals surface area contributed by atoms with E-state index in [4.69, 9.17) is 5.73 Å². The highest BCUT2D eigenvalue weighted by Gasteiger charge is 2.30. The molecule has 0 aromatic heterocycles. The molecule has 19 heavy (non-hydrogen) atoms. The second kappa shape index (κ2) is 5.65. The second-order valence-corrected chi connectivity index (χ2v) is 5.11. The Morgan fingerprint density at radius 3 is 2.63 bits per heavy atom. The van der Waals surface area contributed by atoms with Crippen molar-refractivity contribution in [3.8, 4) is 0 Å². The summed E-state index contributed by atoms with van der Waals surface area (Å²) >= 11 is 0. The molecule has 5 heteroatoms. The van der Waals surface area contributed by atoms with Gasteiger partial charge in [0.25, 0.3) is 5.91 Å². The first-order chi connectivity index (χ1) is 9.04. The summed E-state index contributed by atoms with van der Waals surface area (Å²) in [7, 11) is 0. The van der Waals surface area contributed by atoms with Gasteiger partial charge in [-0.3, -0.25) is 4.79 Å². The van der Waals surface area contributed by atoms with Crippen LogP contribution in [0.15, 0.2) is 18.2 Å². The zero-order chi connectivity index (χ0) is 14.0. The lowest BCUT2D eigenvalue weighted by Crippen LogP contribution is -2.45. The molecule has 2 unspecified atom stereocenters. The van der Waals surface area contributed by atoms with Crippen LogP contribution in [0.25, 0.3) is 0 Å². The first kappa shape index (κ1) is 13.9. The second-order valence-electron chi connectivity index (χ2n) is 5.11. The average molecular weight is 268 g/mol. The molecule has 1 aliphatic heterocycles. The lowest BCUT2D eigenvalue weighted by molar-refractivity contribution is 0.0609. The van der Waals surface area contributed by atoms with Crippen molar-refractivity contribution in [2.75, 3.05) is 19.6 Å². The first-order valence-corrected chi connectivity index (χ1v) is 6.48. The van der Waals surface area contributed by atoms with Crippen LogP contribution in [0.4, 0.5) is 8.78 Å². The van der Waals surface area contributed by atoms with E-state index in [9.17, 15) is 13.6 Å². The van der Waals surface area contributed by atoms with Gasteiger partial charge >= 0.3 is 0 Å². The van der Waals surface area contributed by atoms with Crippen molar-refractivity contribution in [1.82, 2.24) is 4.90 Å². The number of halogens is 2. The summed E-state index contributed by atoms with van der Waals surface area (Å²) < 4.78 is 27.2. The van der Waals surface area contributed by atoms with Gasteiger partial charge in [-0.2, -0.15) is 0 Å². The summed E-state index contributed by atoms with van der Waals surface area (Å²) in [4.78, 5) is 13.7. The topological polar surface area (TPSA) is 46.3 Å². The Kier molecular flexibility index (Phi) is 4.14. The van der Waals surface area contributed by atoms with Crippen molar-refractivity contribution in [3.63, 3.8) is 0 Å². The average Bonchev–Trinajstić information content (AvgIpc) is 2.39. The highest BCUT2D eigenvalue weighted by molar-refractivity contribution is 5.94. The summed E-state index contributed by atoms with van der Waals surface area (Å²) in [5.41, 5.74) is 5.20. The maximum atomic E-state index is 13.6. The van der Waals surface area contributed by atoms with Crippen LogP contribution in [0, 0.1) is 23.5 Å². The Balaban J connectivity index is 2.20. The molecule has 1 aliphatic rings. The van der Waals surface area contributed by atoms with Crippen molar-refractivity contribution < 1.29 is 13.6 Å². The molecule has 2 rings (SSSR count). The molecular weight excluding hydrogens is 250 g/mol. The number of hydrogen-bond donors (Lipinski definition) is 1.